The summed E-state index contributed by atoms with van der Waals surface area (Å²) in [5, 5.41) is 7.79. The van der Waals surface area contributed by atoms with Gasteiger partial charge in [-0.3, -0.25) is 0 Å². The zero-order valence-corrected chi connectivity index (χ0v) is 6.16. The van der Waals surface area contributed by atoms with Gasteiger partial charge in [-0.2, -0.15) is 0 Å². The molecule has 0 bridgehead atoms. The number of unbranched alkanes of at least 4 members (excludes halogenated alkanes) is 1. The molecule has 0 unspecified atom stereocenters. The molecule has 46 valence electrons. The molecule has 0 aromatic heterocycles. The van der Waals surface area contributed by atoms with Crippen molar-refractivity contribution in [2.75, 3.05) is 6.61 Å². The minimum absolute atomic E-state index is 0.480. The molecule has 0 spiro atoms. The fourth-order valence-electron chi connectivity index (χ4n) is 0.250. The Kier molecular flexibility index (Phi) is 8.45. The van der Waals surface area contributed by atoms with Gasteiger partial charge in [0.25, 0.3) is 0 Å². The van der Waals surface area contributed by atoms with Crippen LogP contribution in [0.25, 0.3) is 0 Å². The van der Waals surface area contributed by atoms with Crippen molar-refractivity contribution >= 4 is 0 Å². The van der Waals surface area contributed by atoms with Gasteiger partial charge in [0.2, 0.25) is 0 Å². The zero-order valence-electron chi connectivity index (χ0n) is 4.02. The number of rotatable bonds is 4. The van der Waals surface area contributed by atoms with Crippen molar-refractivity contribution in [3.8, 4) is 0 Å². The van der Waals surface area contributed by atoms with Crippen LogP contribution < -0.4 is 0 Å². The number of hydrogen-bond donors (Lipinski definition) is 1. The van der Waals surface area contributed by atoms with E-state index in [-0.39, 0.29) is 0 Å². The van der Waals surface area contributed by atoms with Crippen molar-refractivity contribution in [2.45, 2.75) is 15.2 Å². The zero-order chi connectivity index (χ0) is 5.54. The molecule has 0 rings (SSSR count). The average Bonchev–Trinajstić information content (AvgIpc) is 1.69. The van der Waals surface area contributed by atoms with Crippen molar-refractivity contribution in [1.82, 2.24) is 0 Å². The topological polar surface area (TPSA) is 29.5 Å². The monoisotopic (exact) mass is 248 g/mol. The van der Waals surface area contributed by atoms with Gasteiger partial charge in [0.15, 0.2) is 0 Å². The van der Waals surface area contributed by atoms with E-state index in [1.54, 1.807) is 0 Å². The van der Waals surface area contributed by atoms with E-state index < -0.39 is 0 Å². The molecule has 0 fully saturated rings. The van der Waals surface area contributed by atoms with E-state index in [1.807, 2.05) is 0 Å². The summed E-state index contributed by atoms with van der Waals surface area (Å²) in [5.41, 5.74) is 0. The summed E-state index contributed by atoms with van der Waals surface area (Å²) < 4.78 is 1.17. The molecule has 1 N–H and O–H groups in total. The quantitative estimate of drug-likeness (QED) is 0.460. The summed E-state index contributed by atoms with van der Waals surface area (Å²) in [4.78, 5) is 3.84. The van der Waals surface area contributed by atoms with Gasteiger partial charge in [-0.15, -0.1) is 0 Å². The van der Waals surface area contributed by atoms with Crippen LogP contribution in [0.5, 0.6) is 0 Å². The second-order valence-electron chi connectivity index (χ2n) is 1.21. The molecular weight excluding hydrogens is 239 g/mol. The van der Waals surface area contributed by atoms with Gasteiger partial charge >= 0.3 is 68.6 Å². The first-order valence-corrected chi connectivity index (χ1v) is 3.72. The second-order valence-corrected chi connectivity index (χ2v) is 2.28. The van der Waals surface area contributed by atoms with Crippen LogP contribution in [-0.4, -0.2) is 11.9 Å². The molecule has 0 atom stereocenters. The standard InChI is InChI=1S/C4H9O2.Tb/c1-2-3-4-6-5;/h5H,1-4H2;. The number of hydrogen-bond acceptors (Lipinski definition) is 2. The van der Waals surface area contributed by atoms with E-state index in [2.05, 4.69) is 41.5 Å². The third-order valence-electron chi connectivity index (χ3n) is 0.603. The Morgan fingerprint density at radius 2 is 2.14 bits per heavy atom. The van der Waals surface area contributed by atoms with Crippen LogP contribution in [0.3, 0.4) is 0 Å². The Hall–Kier alpha value is 1.21. The van der Waals surface area contributed by atoms with E-state index >= 15 is 0 Å². The molecule has 0 aromatic carbocycles. The summed E-state index contributed by atoms with van der Waals surface area (Å²) in [6, 6.07) is 0. The molecular formula is C4H9O2Tb. The maximum atomic E-state index is 7.79. The average molecular weight is 248 g/mol. The fraction of sp³-hybridized carbons (Fsp3) is 1.00. The molecule has 0 heterocycles. The maximum absolute atomic E-state index is 7.79. The third kappa shape index (κ3) is 7.21. The summed E-state index contributed by atoms with van der Waals surface area (Å²) >= 11 is 2.11. The minimum atomic E-state index is 0.480. The van der Waals surface area contributed by atoms with Gasteiger partial charge in [-0.25, -0.2) is 0 Å². The van der Waals surface area contributed by atoms with Crippen LogP contribution in [0.2, 0.25) is 2.39 Å². The van der Waals surface area contributed by atoms with Crippen molar-refractivity contribution in [3.63, 3.8) is 0 Å². The van der Waals surface area contributed by atoms with Crippen molar-refractivity contribution < 1.29 is 46.8 Å². The molecule has 0 aromatic rings. The molecule has 2 nitrogen and oxygen atoms in total. The van der Waals surface area contributed by atoms with Crippen LogP contribution >= 0.6 is 0 Å². The Balaban J connectivity index is 2.45. The predicted molar refractivity (Wildman–Crippen MR) is 22.6 cm³/mol. The Labute approximate surface area is 68.1 Å². The first-order valence-electron chi connectivity index (χ1n) is 2.21. The summed E-state index contributed by atoms with van der Waals surface area (Å²) in [6.07, 6.45) is 2.10. The molecule has 0 saturated carbocycles. The molecule has 0 saturated heterocycles. The fourth-order valence-corrected chi connectivity index (χ4v) is 0.785. The van der Waals surface area contributed by atoms with E-state index in [4.69, 9.17) is 5.26 Å². The first-order chi connectivity index (χ1) is 3.41. The molecule has 7 heavy (non-hydrogen) atoms. The van der Waals surface area contributed by atoms with E-state index in [9.17, 15) is 0 Å². The normalized spacial score (nSPS) is 9.57. The molecule has 0 aliphatic rings. The van der Waals surface area contributed by atoms with Gasteiger partial charge in [0.05, 0.1) is 0 Å². The van der Waals surface area contributed by atoms with Gasteiger partial charge in [0, 0.05) is 0 Å². The Morgan fingerprint density at radius 3 is 2.57 bits per heavy atom. The van der Waals surface area contributed by atoms with E-state index in [0.29, 0.717) is 6.61 Å². The van der Waals surface area contributed by atoms with Crippen molar-refractivity contribution in [1.29, 1.82) is 0 Å². The summed E-state index contributed by atoms with van der Waals surface area (Å²) in [7, 11) is 0. The molecule has 0 aliphatic heterocycles. The van der Waals surface area contributed by atoms with Crippen LogP contribution in [0, 0.1) is 36.6 Å². The molecule has 3 heteroatoms. The van der Waals surface area contributed by atoms with Crippen LogP contribution in [0.4, 0.5) is 0 Å². The predicted octanol–water partition coefficient (Wildman–Crippen LogP) is 1.22. The summed E-state index contributed by atoms with van der Waals surface area (Å²) in [5.74, 6) is 0. The molecule has 0 aliphatic carbocycles. The van der Waals surface area contributed by atoms with E-state index in [1.165, 1.54) is 2.39 Å². The Morgan fingerprint density at radius 1 is 1.43 bits per heavy atom. The molecule has 0 amide bonds. The third-order valence-corrected chi connectivity index (χ3v) is 1.36. The van der Waals surface area contributed by atoms with Gasteiger partial charge in [-0.1, -0.05) is 0 Å². The van der Waals surface area contributed by atoms with Crippen molar-refractivity contribution in [2.24, 2.45) is 0 Å². The van der Waals surface area contributed by atoms with Gasteiger partial charge in [-0.05, 0) is 0 Å². The van der Waals surface area contributed by atoms with Crippen molar-refractivity contribution in [3.05, 3.63) is 0 Å². The van der Waals surface area contributed by atoms with Crippen LogP contribution in [-0.2, 0) is 4.89 Å². The summed E-state index contributed by atoms with van der Waals surface area (Å²) in [6.45, 7) is 0.480. The van der Waals surface area contributed by atoms with Crippen LogP contribution in [0.15, 0.2) is 0 Å². The molecule has 0 radical (unpaired) electrons. The van der Waals surface area contributed by atoms with Crippen LogP contribution in [0.1, 0.15) is 12.8 Å². The van der Waals surface area contributed by atoms with Gasteiger partial charge in [0.1, 0.15) is 0 Å². The van der Waals surface area contributed by atoms with E-state index in [0.717, 1.165) is 12.8 Å². The SMILES string of the molecule is OOCCC[CH2][Tb]. The second kappa shape index (κ2) is 7.21. The first kappa shape index (κ1) is 8.21. The Bertz CT molecular complexity index is 28.9. The van der Waals surface area contributed by atoms with Gasteiger partial charge < -0.3 is 0 Å².